The van der Waals surface area contributed by atoms with Gasteiger partial charge in [-0.15, -0.1) is 0 Å². The topological polar surface area (TPSA) is 46.5 Å². The Bertz CT molecular complexity index is 227. The standard InChI is InChI=1S/C11H18O3/c1-14-11(13)9-5-7-3-2-4-8(7)6-10(9)12/h7-10,12H,2-6H2,1H3/t7-,8-,9-,10+/m1/s1. The van der Waals surface area contributed by atoms with Crippen molar-refractivity contribution in [2.24, 2.45) is 17.8 Å². The quantitative estimate of drug-likeness (QED) is 0.647. The molecule has 2 fully saturated rings. The highest BCUT2D eigenvalue weighted by molar-refractivity contribution is 5.73. The Hall–Kier alpha value is -0.570. The lowest BCUT2D eigenvalue weighted by Gasteiger charge is -2.34. The molecule has 0 saturated heterocycles. The average Bonchev–Trinajstić information content (AvgIpc) is 2.62. The van der Waals surface area contributed by atoms with Crippen LogP contribution in [-0.4, -0.2) is 24.3 Å². The van der Waals surface area contributed by atoms with E-state index in [1.807, 2.05) is 0 Å². The van der Waals surface area contributed by atoms with Crippen LogP contribution in [0.2, 0.25) is 0 Å². The fourth-order valence-corrected chi connectivity index (χ4v) is 3.10. The van der Waals surface area contributed by atoms with E-state index >= 15 is 0 Å². The maximum absolute atomic E-state index is 11.4. The molecular weight excluding hydrogens is 180 g/mol. The van der Waals surface area contributed by atoms with E-state index in [2.05, 4.69) is 0 Å². The zero-order valence-electron chi connectivity index (χ0n) is 8.61. The summed E-state index contributed by atoms with van der Waals surface area (Å²) in [7, 11) is 1.40. The molecule has 0 heterocycles. The minimum atomic E-state index is -0.471. The molecule has 14 heavy (non-hydrogen) atoms. The van der Waals surface area contributed by atoms with Gasteiger partial charge in [-0.3, -0.25) is 4.79 Å². The van der Waals surface area contributed by atoms with Crippen molar-refractivity contribution in [1.82, 2.24) is 0 Å². The van der Waals surface area contributed by atoms with E-state index in [4.69, 9.17) is 4.74 Å². The Morgan fingerprint density at radius 1 is 1.29 bits per heavy atom. The molecule has 0 aromatic heterocycles. The predicted molar refractivity (Wildman–Crippen MR) is 51.6 cm³/mol. The summed E-state index contributed by atoms with van der Waals surface area (Å²) in [4.78, 5) is 11.4. The minimum Gasteiger partial charge on any atom is -0.469 e. The van der Waals surface area contributed by atoms with Crippen molar-refractivity contribution in [1.29, 1.82) is 0 Å². The van der Waals surface area contributed by atoms with Crippen LogP contribution in [0, 0.1) is 17.8 Å². The van der Waals surface area contributed by atoms with E-state index in [0.29, 0.717) is 11.8 Å². The molecule has 0 unspecified atom stereocenters. The third-order valence-electron chi connectivity index (χ3n) is 3.89. The van der Waals surface area contributed by atoms with E-state index in [1.54, 1.807) is 0 Å². The Labute approximate surface area is 84.4 Å². The highest BCUT2D eigenvalue weighted by Crippen LogP contribution is 2.44. The van der Waals surface area contributed by atoms with Crippen LogP contribution in [0.25, 0.3) is 0 Å². The van der Waals surface area contributed by atoms with Crippen LogP contribution < -0.4 is 0 Å². The molecule has 0 radical (unpaired) electrons. The van der Waals surface area contributed by atoms with Gasteiger partial charge in [0.15, 0.2) is 0 Å². The van der Waals surface area contributed by atoms with Crippen LogP contribution >= 0.6 is 0 Å². The third kappa shape index (κ3) is 1.65. The monoisotopic (exact) mass is 198 g/mol. The minimum absolute atomic E-state index is 0.233. The first-order valence-electron chi connectivity index (χ1n) is 5.48. The Morgan fingerprint density at radius 2 is 1.93 bits per heavy atom. The summed E-state index contributed by atoms with van der Waals surface area (Å²) in [5.74, 6) is 0.815. The number of aliphatic hydroxyl groups excluding tert-OH is 1. The van der Waals surface area contributed by atoms with Crippen molar-refractivity contribution in [3.8, 4) is 0 Å². The summed E-state index contributed by atoms with van der Waals surface area (Å²) in [6, 6.07) is 0. The summed E-state index contributed by atoms with van der Waals surface area (Å²) in [5, 5.41) is 9.82. The summed E-state index contributed by atoms with van der Waals surface area (Å²) in [5.41, 5.74) is 0. The smallest absolute Gasteiger partial charge is 0.311 e. The van der Waals surface area contributed by atoms with Crippen LogP contribution in [0.15, 0.2) is 0 Å². The molecular formula is C11H18O3. The van der Waals surface area contributed by atoms with E-state index < -0.39 is 6.10 Å². The van der Waals surface area contributed by atoms with Crippen molar-refractivity contribution in [3.05, 3.63) is 0 Å². The third-order valence-corrected chi connectivity index (χ3v) is 3.89. The van der Waals surface area contributed by atoms with E-state index in [9.17, 15) is 9.90 Å². The Kier molecular flexibility index (Phi) is 2.77. The molecule has 2 saturated carbocycles. The van der Waals surface area contributed by atoms with Crippen LogP contribution in [0.1, 0.15) is 32.1 Å². The summed E-state index contributed by atoms with van der Waals surface area (Å²) < 4.78 is 4.71. The number of esters is 1. The van der Waals surface area contributed by atoms with Gasteiger partial charge in [-0.05, 0) is 24.7 Å². The van der Waals surface area contributed by atoms with E-state index in [1.165, 1.54) is 26.4 Å². The second-order valence-electron chi connectivity index (χ2n) is 4.62. The molecule has 80 valence electrons. The number of rotatable bonds is 1. The molecule has 0 aromatic carbocycles. The first kappa shape index (κ1) is 9.97. The van der Waals surface area contributed by atoms with Gasteiger partial charge in [0, 0.05) is 0 Å². The number of fused-ring (bicyclic) bond motifs is 1. The van der Waals surface area contributed by atoms with Crippen molar-refractivity contribution in [2.45, 2.75) is 38.2 Å². The van der Waals surface area contributed by atoms with Crippen molar-refractivity contribution in [3.63, 3.8) is 0 Å². The van der Waals surface area contributed by atoms with E-state index in [-0.39, 0.29) is 11.9 Å². The first-order valence-corrected chi connectivity index (χ1v) is 5.48. The number of carbonyl (C=O) groups excluding carboxylic acids is 1. The van der Waals surface area contributed by atoms with Gasteiger partial charge < -0.3 is 9.84 Å². The van der Waals surface area contributed by atoms with Crippen LogP contribution in [0.3, 0.4) is 0 Å². The van der Waals surface area contributed by atoms with Gasteiger partial charge in [-0.2, -0.15) is 0 Å². The normalized spacial score (nSPS) is 41.9. The second kappa shape index (κ2) is 3.89. The zero-order chi connectivity index (χ0) is 10.1. The first-order chi connectivity index (χ1) is 6.72. The number of aliphatic hydroxyl groups is 1. The maximum Gasteiger partial charge on any atom is 0.311 e. The zero-order valence-corrected chi connectivity index (χ0v) is 8.61. The average molecular weight is 198 g/mol. The lowest BCUT2D eigenvalue weighted by atomic mass is 9.74. The Balaban J connectivity index is 2.02. The number of hydrogen-bond acceptors (Lipinski definition) is 3. The molecule has 2 aliphatic rings. The fraction of sp³-hybridized carbons (Fsp3) is 0.909. The molecule has 0 bridgehead atoms. The van der Waals surface area contributed by atoms with Gasteiger partial charge in [0.2, 0.25) is 0 Å². The van der Waals surface area contributed by atoms with Crippen molar-refractivity contribution >= 4 is 5.97 Å². The van der Waals surface area contributed by atoms with Crippen LogP contribution in [-0.2, 0) is 9.53 Å². The predicted octanol–water partition coefficient (Wildman–Crippen LogP) is 1.35. The Morgan fingerprint density at radius 3 is 2.57 bits per heavy atom. The van der Waals surface area contributed by atoms with E-state index in [0.717, 1.165) is 12.8 Å². The number of carbonyl (C=O) groups is 1. The van der Waals surface area contributed by atoms with Crippen molar-refractivity contribution < 1.29 is 14.6 Å². The maximum atomic E-state index is 11.4. The second-order valence-corrected chi connectivity index (χ2v) is 4.62. The molecule has 4 atom stereocenters. The molecule has 2 aliphatic carbocycles. The summed E-state index contributed by atoms with van der Waals surface area (Å²) in [6.07, 6.45) is 4.88. The molecule has 1 N–H and O–H groups in total. The molecule has 3 heteroatoms. The SMILES string of the molecule is COC(=O)[C@@H]1C[C@H]2CCC[C@@H]2C[C@@H]1O. The van der Waals surface area contributed by atoms with Gasteiger partial charge in [0.1, 0.15) is 0 Å². The van der Waals surface area contributed by atoms with Gasteiger partial charge in [0.05, 0.1) is 19.1 Å². The molecule has 2 rings (SSSR count). The number of methoxy groups -OCH3 is 1. The molecule has 0 aliphatic heterocycles. The number of ether oxygens (including phenoxy) is 1. The molecule has 3 nitrogen and oxygen atoms in total. The van der Waals surface area contributed by atoms with Gasteiger partial charge in [-0.1, -0.05) is 19.3 Å². The fourth-order valence-electron chi connectivity index (χ4n) is 3.10. The van der Waals surface area contributed by atoms with Crippen molar-refractivity contribution in [2.75, 3.05) is 7.11 Å². The highest BCUT2D eigenvalue weighted by atomic mass is 16.5. The largest absolute Gasteiger partial charge is 0.469 e. The lowest BCUT2D eigenvalue weighted by molar-refractivity contribution is -0.153. The summed E-state index contributed by atoms with van der Waals surface area (Å²) in [6.45, 7) is 0. The van der Waals surface area contributed by atoms with Gasteiger partial charge >= 0.3 is 5.97 Å². The molecule has 0 amide bonds. The highest BCUT2D eigenvalue weighted by Gasteiger charge is 2.41. The molecule has 0 spiro atoms. The van der Waals surface area contributed by atoms with Crippen LogP contribution in [0.5, 0.6) is 0 Å². The van der Waals surface area contributed by atoms with Crippen LogP contribution in [0.4, 0.5) is 0 Å². The van der Waals surface area contributed by atoms with Gasteiger partial charge in [-0.25, -0.2) is 0 Å². The number of hydrogen-bond donors (Lipinski definition) is 1. The summed E-state index contributed by atoms with van der Waals surface area (Å²) >= 11 is 0. The van der Waals surface area contributed by atoms with Gasteiger partial charge in [0.25, 0.3) is 0 Å². The molecule has 0 aromatic rings. The lowest BCUT2D eigenvalue weighted by Crippen LogP contribution is -2.38.